The van der Waals surface area contributed by atoms with Gasteiger partial charge in [-0.3, -0.25) is 0 Å². The summed E-state index contributed by atoms with van der Waals surface area (Å²) in [6, 6.07) is 5.96. The fourth-order valence-electron chi connectivity index (χ4n) is 1.83. The van der Waals surface area contributed by atoms with Crippen LogP contribution in [-0.4, -0.2) is 32.5 Å². The number of benzene rings is 1. The van der Waals surface area contributed by atoms with Crippen LogP contribution in [0.1, 0.15) is 24.9 Å². The predicted octanol–water partition coefficient (Wildman–Crippen LogP) is 1.74. The fourth-order valence-corrected chi connectivity index (χ4v) is 1.83. The Balaban J connectivity index is 2.94. The summed E-state index contributed by atoms with van der Waals surface area (Å²) < 4.78 is 10.5. The van der Waals surface area contributed by atoms with Crippen molar-refractivity contribution in [1.82, 2.24) is 5.32 Å². The smallest absolute Gasteiger partial charge is 0.161 e. The molecule has 0 aliphatic rings. The van der Waals surface area contributed by atoms with Crippen molar-refractivity contribution in [3.05, 3.63) is 23.8 Å². The molecule has 4 nitrogen and oxygen atoms in total. The lowest BCUT2D eigenvalue weighted by Gasteiger charge is -2.18. The summed E-state index contributed by atoms with van der Waals surface area (Å²) in [7, 11) is 3.24. The average Bonchev–Trinajstić information content (AvgIpc) is 2.37. The molecule has 0 spiro atoms. The Bertz CT molecular complexity index is 335. The maximum absolute atomic E-state index is 9.06. The standard InChI is InChI=1S/C13H21NO3/c1-4-14-11(7-8-15)10-5-6-12(16-2)13(9-10)17-3/h5-6,9,11,14-15H,4,7-8H2,1-3H3. The number of nitrogens with one attached hydrogen (secondary N) is 1. The molecule has 1 aromatic carbocycles. The first kappa shape index (κ1) is 13.8. The summed E-state index contributed by atoms with van der Waals surface area (Å²) in [5, 5.41) is 12.4. The minimum atomic E-state index is 0.143. The largest absolute Gasteiger partial charge is 0.493 e. The normalized spacial score (nSPS) is 12.2. The van der Waals surface area contributed by atoms with Crippen molar-refractivity contribution in [3.8, 4) is 11.5 Å². The Labute approximate surface area is 103 Å². The third kappa shape index (κ3) is 3.61. The molecule has 0 amide bonds. The highest BCUT2D eigenvalue weighted by Gasteiger charge is 2.12. The first-order chi connectivity index (χ1) is 8.26. The molecule has 1 aromatic rings. The molecule has 0 radical (unpaired) electrons. The fraction of sp³-hybridized carbons (Fsp3) is 0.538. The summed E-state index contributed by atoms with van der Waals surface area (Å²) in [4.78, 5) is 0. The van der Waals surface area contributed by atoms with Crippen LogP contribution in [0.5, 0.6) is 11.5 Å². The number of aliphatic hydroxyl groups is 1. The predicted molar refractivity (Wildman–Crippen MR) is 67.7 cm³/mol. The maximum atomic E-state index is 9.06. The molecular weight excluding hydrogens is 218 g/mol. The van der Waals surface area contributed by atoms with Crippen LogP contribution >= 0.6 is 0 Å². The van der Waals surface area contributed by atoms with Crippen molar-refractivity contribution in [2.75, 3.05) is 27.4 Å². The van der Waals surface area contributed by atoms with E-state index in [4.69, 9.17) is 14.6 Å². The van der Waals surface area contributed by atoms with Crippen molar-refractivity contribution >= 4 is 0 Å². The van der Waals surface area contributed by atoms with E-state index in [9.17, 15) is 0 Å². The third-order valence-corrected chi connectivity index (χ3v) is 2.68. The van der Waals surface area contributed by atoms with Crippen LogP contribution in [-0.2, 0) is 0 Å². The van der Waals surface area contributed by atoms with Gasteiger partial charge in [0.2, 0.25) is 0 Å². The second kappa shape index (κ2) is 7.14. The van der Waals surface area contributed by atoms with Gasteiger partial charge in [0.25, 0.3) is 0 Å². The Morgan fingerprint density at radius 1 is 1.24 bits per heavy atom. The SMILES string of the molecule is CCNC(CCO)c1ccc(OC)c(OC)c1. The molecule has 2 N–H and O–H groups in total. The van der Waals surface area contributed by atoms with Crippen molar-refractivity contribution < 1.29 is 14.6 Å². The Morgan fingerprint density at radius 3 is 2.47 bits per heavy atom. The molecule has 0 fully saturated rings. The second-order valence-electron chi connectivity index (χ2n) is 3.74. The van der Waals surface area contributed by atoms with Gasteiger partial charge in [0, 0.05) is 12.6 Å². The molecule has 0 saturated carbocycles. The topological polar surface area (TPSA) is 50.7 Å². The van der Waals surface area contributed by atoms with Crippen molar-refractivity contribution in [3.63, 3.8) is 0 Å². The molecule has 0 bridgehead atoms. The van der Waals surface area contributed by atoms with Gasteiger partial charge < -0.3 is 19.9 Å². The van der Waals surface area contributed by atoms with Crippen LogP contribution in [0.15, 0.2) is 18.2 Å². The maximum Gasteiger partial charge on any atom is 0.161 e. The summed E-state index contributed by atoms with van der Waals surface area (Å²) in [5.74, 6) is 1.43. The van der Waals surface area contributed by atoms with Gasteiger partial charge in [0.1, 0.15) is 0 Å². The highest BCUT2D eigenvalue weighted by atomic mass is 16.5. The molecule has 0 aromatic heterocycles. The van der Waals surface area contributed by atoms with Gasteiger partial charge in [-0.15, -0.1) is 0 Å². The number of rotatable bonds is 7. The van der Waals surface area contributed by atoms with Crippen LogP contribution < -0.4 is 14.8 Å². The monoisotopic (exact) mass is 239 g/mol. The molecule has 0 heterocycles. The van der Waals surface area contributed by atoms with Gasteiger partial charge in [0.05, 0.1) is 14.2 Å². The number of hydrogen-bond acceptors (Lipinski definition) is 4. The summed E-state index contributed by atoms with van der Waals surface area (Å²) in [5.41, 5.74) is 1.10. The van der Waals surface area contributed by atoms with E-state index < -0.39 is 0 Å². The van der Waals surface area contributed by atoms with Crippen LogP contribution in [0, 0.1) is 0 Å². The van der Waals surface area contributed by atoms with E-state index in [0.29, 0.717) is 12.2 Å². The van der Waals surface area contributed by atoms with Crippen LogP contribution in [0.3, 0.4) is 0 Å². The summed E-state index contributed by atoms with van der Waals surface area (Å²) >= 11 is 0. The molecule has 96 valence electrons. The molecular formula is C13H21NO3. The molecule has 0 aliphatic heterocycles. The van der Waals surface area contributed by atoms with Crippen LogP contribution in [0.25, 0.3) is 0 Å². The summed E-state index contributed by atoms with van der Waals surface area (Å²) in [6.07, 6.45) is 0.684. The lowest BCUT2D eigenvalue weighted by Crippen LogP contribution is -2.21. The zero-order chi connectivity index (χ0) is 12.7. The van der Waals surface area contributed by atoms with Gasteiger partial charge in [-0.25, -0.2) is 0 Å². The zero-order valence-corrected chi connectivity index (χ0v) is 10.7. The van der Waals surface area contributed by atoms with Gasteiger partial charge in [-0.2, -0.15) is 0 Å². The summed E-state index contributed by atoms with van der Waals surface area (Å²) in [6.45, 7) is 3.07. The van der Waals surface area contributed by atoms with Gasteiger partial charge in [-0.1, -0.05) is 13.0 Å². The molecule has 4 heteroatoms. The van der Waals surface area contributed by atoms with E-state index in [1.807, 2.05) is 25.1 Å². The lowest BCUT2D eigenvalue weighted by molar-refractivity contribution is 0.266. The van der Waals surface area contributed by atoms with Gasteiger partial charge in [-0.05, 0) is 30.7 Å². The minimum Gasteiger partial charge on any atom is -0.493 e. The minimum absolute atomic E-state index is 0.143. The van der Waals surface area contributed by atoms with Crippen molar-refractivity contribution in [1.29, 1.82) is 0 Å². The number of aliphatic hydroxyl groups excluding tert-OH is 1. The first-order valence-electron chi connectivity index (χ1n) is 5.83. The molecule has 0 aliphatic carbocycles. The number of methoxy groups -OCH3 is 2. The van der Waals surface area contributed by atoms with E-state index in [0.717, 1.165) is 17.9 Å². The molecule has 1 rings (SSSR count). The van der Waals surface area contributed by atoms with E-state index in [1.165, 1.54) is 0 Å². The van der Waals surface area contributed by atoms with Crippen molar-refractivity contribution in [2.45, 2.75) is 19.4 Å². The van der Waals surface area contributed by atoms with Crippen molar-refractivity contribution in [2.24, 2.45) is 0 Å². The van der Waals surface area contributed by atoms with E-state index in [1.54, 1.807) is 14.2 Å². The van der Waals surface area contributed by atoms with E-state index in [2.05, 4.69) is 5.32 Å². The quantitative estimate of drug-likeness (QED) is 0.761. The Morgan fingerprint density at radius 2 is 1.94 bits per heavy atom. The lowest BCUT2D eigenvalue weighted by atomic mass is 10.0. The van der Waals surface area contributed by atoms with Crippen LogP contribution in [0.4, 0.5) is 0 Å². The molecule has 1 unspecified atom stereocenters. The molecule has 17 heavy (non-hydrogen) atoms. The molecule has 0 saturated heterocycles. The Kier molecular flexibility index (Phi) is 5.80. The average molecular weight is 239 g/mol. The highest BCUT2D eigenvalue weighted by molar-refractivity contribution is 5.43. The second-order valence-corrected chi connectivity index (χ2v) is 3.74. The highest BCUT2D eigenvalue weighted by Crippen LogP contribution is 2.30. The van der Waals surface area contributed by atoms with E-state index >= 15 is 0 Å². The van der Waals surface area contributed by atoms with Gasteiger partial charge in [0.15, 0.2) is 11.5 Å². The number of hydrogen-bond donors (Lipinski definition) is 2. The zero-order valence-electron chi connectivity index (χ0n) is 10.7. The first-order valence-corrected chi connectivity index (χ1v) is 5.83. The van der Waals surface area contributed by atoms with E-state index in [-0.39, 0.29) is 12.6 Å². The number of ether oxygens (including phenoxy) is 2. The third-order valence-electron chi connectivity index (χ3n) is 2.68. The van der Waals surface area contributed by atoms with Crippen LogP contribution in [0.2, 0.25) is 0 Å². The van der Waals surface area contributed by atoms with Gasteiger partial charge >= 0.3 is 0 Å². The Hall–Kier alpha value is -1.26. The molecule has 1 atom stereocenters.